The zero-order chi connectivity index (χ0) is 15.5. The summed E-state index contributed by atoms with van der Waals surface area (Å²) in [5.41, 5.74) is 1.14. The van der Waals surface area contributed by atoms with Gasteiger partial charge < -0.3 is 9.84 Å². The van der Waals surface area contributed by atoms with Crippen molar-refractivity contribution in [3.63, 3.8) is 0 Å². The van der Waals surface area contributed by atoms with Crippen LogP contribution in [0.4, 0.5) is 13.2 Å². The van der Waals surface area contributed by atoms with Crippen molar-refractivity contribution in [3.8, 4) is 5.75 Å². The highest BCUT2D eigenvalue weighted by atomic mass is 19.4. The Balaban J connectivity index is 2.23. The van der Waals surface area contributed by atoms with E-state index in [4.69, 9.17) is 9.84 Å². The van der Waals surface area contributed by atoms with Crippen molar-refractivity contribution in [2.45, 2.75) is 26.3 Å². The Morgan fingerprint density at radius 3 is 2.43 bits per heavy atom. The van der Waals surface area contributed by atoms with Crippen LogP contribution in [0.1, 0.15) is 22.3 Å². The summed E-state index contributed by atoms with van der Waals surface area (Å²) in [4.78, 5) is 0. The van der Waals surface area contributed by atoms with Crippen LogP contribution in [-0.2, 0) is 19.4 Å². The van der Waals surface area contributed by atoms with E-state index in [-0.39, 0.29) is 17.9 Å². The third-order valence-electron chi connectivity index (χ3n) is 3.01. The quantitative estimate of drug-likeness (QED) is 0.921. The minimum Gasteiger partial charge on any atom is -0.488 e. The molecule has 0 aromatic heterocycles. The molecule has 0 radical (unpaired) electrons. The Bertz CT molecular complexity index is 621. The lowest BCUT2D eigenvalue weighted by Crippen LogP contribution is -2.09. The van der Waals surface area contributed by atoms with Gasteiger partial charge in [0.1, 0.15) is 12.4 Å². The van der Waals surface area contributed by atoms with Crippen molar-refractivity contribution < 1.29 is 23.0 Å². The van der Waals surface area contributed by atoms with Gasteiger partial charge in [-0.2, -0.15) is 13.2 Å². The van der Waals surface area contributed by atoms with Gasteiger partial charge in [0.15, 0.2) is 0 Å². The van der Waals surface area contributed by atoms with Gasteiger partial charge in [0.2, 0.25) is 0 Å². The predicted molar refractivity (Wildman–Crippen MR) is 72.9 cm³/mol. The molecular formula is C16H15F3O2. The van der Waals surface area contributed by atoms with Crippen LogP contribution >= 0.6 is 0 Å². The molecule has 112 valence electrons. The first-order chi connectivity index (χ1) is 9.90. The van der Waals surface area contributed by atoms with E-state index in [0.717, 1.165) is 17.2 Å². The molecule has 0 unspecified atom stereocenters. The molecule has 2 aromatic rings. The van der Waals surface area contributed by atoms with Crippen molar-refractivity contribution >= 4 is 0 Å². The molecule has 0 fully saturated rings. The molecular weight excluding hydrogens is 281 g/mol. The molecule has 0 aliphatic heterocycles. The molecule has 0 amide bonds. The van der Waals surface area contributed by atoms with Crippen molar-refractivity contribution in [2.24, 2.45) is 0 Å². The number of hydrogen-bond acceptors (Lipinski definition) is 2. The standard InChI is InChI=1S/C16H15F3O2/c1-11-3-2-4-13(7-11)10-21-15-6-5-12(9-20)8-14(15)16(17,18)19/h2-8,20H,9-10H2,1H3. The maximum absolute atomic E-state index is 13.0. The first-order valence-electron chi connectivity index (χ1n) is 6.39. The third kappa shape index (κ3) is 3.98. The van der Waals surface area contributed by atoms with E-state index in [9.17, 15) is 13.2 Å². The Hall–Kier alpha value is -2.01. The lowest BCUT2D eigenvalue weighted by molar-refractivity contribution is -0.139. The fourth-order valence-corrected chi connectivity index (χ4v) is 1.99. The van der Waals surface area contributed by atoms with Gasteiger partial charge in [-0.1, -0.05) is 35.9 Å². The average molecular weight is 296 g/mol. The maximum Gasteiger partial charge on any atom is 0.419 e. The predicted octanol–water partition coefficient (Wildman–Crippen LogP) is 4.09. The average Bonchev–Trinajstić information content (AvgIpc) is 2.44. The monoisotopic (exact) mass is 296 g/mol. The maximum atomic E-state index is 13.0. The largest absolute Gasteiger partial charge is 0.488 e. The Labute approximate surface area is 120 Å². The fraction of sp³-hybridized carbons (Fsp3) is 0.250. The number of aryl methyl sites for hydroxylation is 1. The van der Waals surface area contributed by atoms with Crippen LogP contribution in [0.5, 0.6) is 5.75 Å². The molecule has 0 heterocycles. The minimum absolute atomic E-state index is 0.0588. The number of rotatable bonds is 4. The highest BCUT2D eigenvalue weighted by Crippen LogP contribution is 2.37. The number of benzene rings is 2. The van der Waals surface area contributed by atoms with Crippen LogP contribution in [0.2, 0.25) is 0 Å². The summed E-state index contributed by atoms with van der Waals surface area (Å²) in [5, 5.41) is 8.95. The van der Waals surface area contributed by atoms with E-state index in [2.05, 4.69) is 0 Å². The Morgan fingerprint density at radius 2 is 1.81 bits per heavy atom. The van der Waals surface area contributed by atoms with Gasteiger partial charge in [0, 0.05) is 0 Å². The van der Waals surface area contributed by atoms with Crippen molar-refractivity contribution in [2.75, 3.05) is 0 Å². The summed E-state index contributed by atoms with van der Waals surface area (Å²) in [7, 11) is 0. The zero-order valence-electron chi connectivity index (χ0n) is 11.4. The molecule has 21 heavy (non-hydrogen) atoms. The summed E-state index contributed by atoms with van der Waals surface area (Å²) in [6.07, 6.45) is -4.52. The van der Waals surface area contributed by atoms with Crippen LogP contribution < -0.4 is 4.74 Å². The van der Waals surface area contributed by atoms with E-state index in [1.165, 1.54) is 12.1 Å². The van der Waals surface area contributed by atoms with Gasteiger partial charge in [0.25, 0.3) is 0 Å². The van der Waals surface area contributed by atoms with Gasteiger partial charge in [-0.15, -0.1) is 0 Å². The number of alkyl halides is 3. The van der Waals surface area contributed by atoms with E-state index in [1.807, 2.05) is 25.1 Å². The molecule has 1 N–H and O–H groups in total. The van der Waals surface area contributed by atoms with Crippen LogP contribution in [0, 0.1) is 6.92 Å². The second-order valence-corrected chi connectivity index (χ2v) is 4.76. The molecule has 0 aliphatic rings. The molecule has 2 rings (SSSR count). The van der Waals surface area contributed by atoms with Gasteiger partial charge in [0.05, 0.1) is 12.2 Å². The number of halogens is 3. The summed E-state index contributed by atoms with van der Waals surface area (Å²) in [5.74, 6) is -0.235. The van der Waals surface area contributed by atoms with Crippen LogP contribution in [0.3, 0.4) is 0 Å². The number of hydrogen-bond donors (Lipinski definition) is 1. The van der Waals surface area contributed by atoms with Crippen molar-refractivity contribution in [3.05, 3.63) is 64.7 Å². The SMILES string of the molecule is Cc1cccc(COc2ccc(CO)cc2C(F)(F)F)c1. The first-order valence-corrected chi connectivity index (χ1v) is 6.39. The molecule has 0 atom stereocenters. The summed E-state index contributed by atoms with van der Waals surface area (Å²) in [6.45, 7) is 1.52. The normalized spacial score (nSPS) is 11.5. The van der Waals surface area contributed by atoms with E-state index >= 15 is 0 Å². The first kappa shape index (κ1) is 15.4. The fourth-order valence-electron chi connectivity index (χ4n) is 1.99. The molecule has 2 nitrogen and oxygen atoms in total. The van der Waals surface area contributed by atoms with Gasteiger partial charge in [-0.3, -0.25) is 0 Å². The van der Waals surface area contributed by atoms with Crippen LogP contribution in [0.15, 0.2) is 42.5 Å². The van der Waals surface area contributed by atoms with Gasteiger partial charge >= 0.3 is 6.18 Å². The molecule has 0 bridgehead atoms. The van der Waals surface area contributed by atoms with Crippen molar-refractivity contribution in [1.82, 2.24) is 0 Å². The van der Waals surface area contributed by atoms with Crippen LogP contribution in [-0.4, -0.2) is 5.11 Å². The number of ether oxygens (including phenoxy) is 1. The van der Waals surface area contributed by atoms with Crippen molar-refractivity contribution in [1.29, 1.82) is 0 Å². The third-order valence-corrected chi connectivity index (χ3v) is 3.01. The summed E-state index contributed by atoms with van der Waals surface area (Å²) >= 11 is 0. The Kier molecular flexibility index (Phi) is 4.53. The number of aliphatic hydroxyl groups is 1. The second kappa shape index (κ2) is 6.18. The topological polar surface area (TPSA) is 29.5 Å². The summed E-state index contributed by atoms with van der Waals surface area (Å²) < 4.78 is 44.3. The molecule has 0 saturated carbocycles. The molecule has 0 saturated heterocycles. The van der Waals surface area contributed by atoms with E-state index < -0.39 is 18.3 Å². The summed E-state index contributed by atoms with van der Waals surface area (Å²) in [6, 6.07) is 10.9. The van der Waals surface area contributed by atoms with Gasteiger partial charge in [-0.05, 0) is 30.2 Å². The molecule has 0 spiro atoms. The highest BCUT2D eigenvalue weighted by Gasteiger charge is 2.34. The lowest BCUT2D eigenvalue weighted by atomic mass is 10.1. The van der Waals surface area contributed by atoms with E-state index in [1.54, 1.807) is 6.07 Å². The minimum atomic E-state index is -4.52. The Morgan fingerprint density at radius 1 is 1.05 bits per heavy atom. The zero-order valence-corrected chi connectivity index (χ0v) is 11.4. The molecule has 0 aliphatic carbocycles. The van der Waals surface area contributed by atoms with E-state index in [0.29, 0.717) is 0 Å². The highest BCUT2D eigenvalue weighted by molar-refractivity contribution is 5.39. The second-order valence-electron chi connectivity index (χ2n) is 4.76. The van der Waals surface area contributed by atoms with Crippen LogP contribution in [0.25, 0.3) is 0 Å². The lowest BCUT2D eigenvalue weighted by Gasteiger charge is -2.15. The molecule has 5 heteroatoms. The molecule has 2 aromatic carbocycles. The van der Waals surface area contributed by atoms with Gasteiger partial charge in [-0.25, -0.2) is 0 Å². The smallest absolute Gasteiger partial charge is 0.419 e. The number of aliphatic hydroxyl groups excluding tert-OH is 1.